The molecule has 4 aromatic rings. The van der Waals surface area contributed by atoms with E-state index in [2.05, 4.69) is 20.4 Å². The predicted molar refractivity (Wildman–Crippen MR) is 127 cm³/mol. The van der Waals surface area contributed by atoms with Crippen LogP contribution < -0.4 is 21.9 Å². The first-order valence-electron chi connectivity index (χ1n) is 10.7. The van der Waals surface area contributed by atoms with Crippen LogP contribution in [0.1, 0.15) is 18.1 Å². The van der Waals surface area contributed by atoms with Gasteiger partial charge in [-0.15, -0.1) is 10.2 Å². The van der Waals surface area contributed by atoms with Crippen molar-refractivity contribution in [3.8, 4) is 11.4 Å². The van der Waals surface area contributed by atoms with E-state index in [1.54, 1.807) is 6.92 Å². The number of aryl methyl sites for hydroxylation is 1. The van der Waals surface area contributed by atoms with Crippen molar-refractivity contribution in [3.63, 3.8) is 0 Å². The molecule has 3 N–H and O–H groups in total. The lowest BCUT2D eigenvalue weighted by Gasteiger charge is -2.22. The van der Waals surface area contributed by atoms with Crippen molar-refractivity contribution in [1.29, 1.82) is 0 Å². The highest BCUT2D eigenvalue weighted by atomic mass is 16.2. The van der Waals surface area contributed by atoms with Gasteiger partial charge in [0.15, 0.2) is 5.69 Å². The number of anilines is 2. The second-order valence-electron chi connectivity index (χ2n) is 7.71. The number of H-pyrrole nitrogens is 1. The van der Waals surface area contributed by atoms with Gasteiger partial charge >= 0.3 is 5.69 Å². The molecule has 4 rings (SSSR count). The van der Waals surface area contributed by atoms with E-state index in [0.717, 1.165) is 21.5 Å². The Hall–Kier alpha value is -4.54. The Kier molecular flexibility index (Phi) is 6.35. The van der Waals surface area contributed by atoms with E-state index in [4.69, 9.17) is 5.73 Å². The number of nitrogens with zero attached hydrogens (tertiary/aromatic N) is 6. The maximum Gasteiger partial charge on any atom is 0.330 e. The number of aromatic amines is 1. The molecule has 2 aromatic carbocycles. The number of tetrazole rings is 1. The molecule has 0 aliphatic rings. The van der Waals surface area contributed by atoms with Gasteiger partial charge in [-0.05, 0) is 24.6 Å². The Balaban J connectivity index is 1.61. The van der Waals surface area contributed by atoms with Crippen molar-refractivity contribution in [2.24, 2.45) is 0 Å². The molecule has 11 heteroatoms. The molecular formula is C23H24N8O3. The third kappa shape index (κ3) is 4.63. The van der Waals surface area contributed by atoms with Gasteiger partial charge in [-0.1, -0.05) is 60.2 Å². The molecule has 2 aromatic heterocycles. The zero-order valence-electron chi connectivity index (χ0n) is 18.8. The van der Waals surface area contributed by atoms with Crippen LogP contribution in [0.3, 0.4) is 0 Å². The van der Waals surface area contributed by atoms with Gasteiger partial charge in [-0.2, -0.15) is 4.80 Å². The molecule has 0 unspecified atom stereocenters. The first-order chi connectivity index (χ1) is 16.4. The minimum absolute atomic E-state index is 0.0955. The van der Waals surface area contributed by atoms with Crippen LogP contribution in [-0.4, -0.2) is 42.2 Å². The van der Waals surface area contributed by atoms with E-state index >= 15 is 0 Å². The van der Waals surface area contributed by atoms with E-state index in [-0.39, 0.29) is 31.1 Å². The van der Waals surface area contributed by atoms with Gasteiger partial charge in [0, 0.05) is 12.1 Å². The summed E-state index contributed by atoms with van der Waals surface area (Å²) in [6.45, 7) is 3.71. The van der Waals surface area contributed by atoms with Crippen LogP contribution in [0.5, 0.6) is 0 Å². The van der Waals surface area contributed by atoms with E-state index in [9.17, 15) is 14.4 Å². The zero-order chi connectivity index (χ0) is 24.2. The Morgan fingerprint density at radius 3 is 2.47 bits per heavy atom. The Bertz CT molecular complexity index is 1420. The van der Waals surface area contributed by atoms with Gasteiger partial charge in [-0.25, -0.2) is 4.79 Å². The zero-order valence-corrected chi connectivity index (χ0v) is 18.8. The van der Waals surface area contributed by atoms with Crippen LogP contribution in [0, 0.1) is 6.92 Å². The number of hydrogen-bond donors (Lipinski definition) is 2. The quantitative estimate of drug-likeness (QED) is 0.421. The molecular weight excluding hydrogens is 436 g/mol. The summed E-state index contributed by atoms with van der Waals surface area (Å²) in [7, 11) is 0. The standard InChI is InChI=1S/C23H24N8O3/c1-3-29(18(32)14-31-27-21(26-28-31)17-11-9-15(2)10-12-17)19-20(24)30(23(34)25-22(19)33)13-16-7-5-4-6-8-16/h4-12H,3,13-14,24H2,1-2H3,(H,25,33,34). The molecule has 2 heterocycles. The van der Waals surface area contributed by atoms with Gasteiger partial charge in [0.2, 0.25) is 5.82 Å². The summed E-state index contributed by atoms with van der Waals surface area (Å²) in [6, 6.07) is 16.8. The fourth-order valence-electron chi connectivity index (χ4n) is 3.56. The maximum atomic E-state index is 13.1. The van der Waals surface area contributed by atoms with Gasteiger partial charge in [0.25, 0.3) is 11.5 Å². The fraction of sp³-hybridized carbons (Fsp3) is 0.217. The topological polar surface area (TPSA) is 145 Å². The molecule has 1 amide bonds. The van der Waals surface area contributed by atoms with Crippen molar-refractivity contribution in [2.75, 3.05) is 17.2 Å². The van der Waals surface area contributed by atoms with Crippen molar-refractivity contribution in [1.82, 2.24) is 29.8 Å². The molecule has 0 fully saturated rings. The third-order valence-electron chi connectivity index (χ3n) is 5.32. The van der Waals surface area contributed by atoms with Crippen LogP contribution in [0.15, 0.2) is 64.2 Å². The summed E-state index contributed by atoms with van der Waals surface area (Å²) in [5.74, 6) is -0.193. The number of nitrogens with one attached hydrogen (secondary N) is 1. The van der Waals surface area contributed by atoms with E-state index in [1.807, 2.05) is 61.5 Å². The Morgan fingerprint density at radius 2 is 1.79 bits per heavy atom. The van der Waals surface area contributed by atoms with Gasteiger partial charge < -0.3 is 10.6 Å². The van der Waals surface area contributed by atoms with Crippen LogP contribution in [-0.2, 0) is 17.9 Å². The van der Waals surface area contributed by atoms with E-state index in [1.165, 1.54) is 9.47 Å². The molecule has 0 atom stereocenters. The van der Waals surface area contributed by atoms with Crippen LogP contribution in [0.2, 0.25) is 0 Å². The predicted octanol–water partition coefficient (Wildman–Crippen LogP) is 1.18. The summed E-state index contributed by atoms with van der Waals surface area (Å²) < 4.78 is 1.23. The summed E-state index contributed by atoms with van der Waals surface area (Å²) in [6.07, 6.45) is 0. The summed E-state index contributed by atoms with van der Waals surface area (Å²) in [5, 5.41) is 12.2. The van der Waals surface area contributed by atoms with Gasteiger partial charge in [0.1, 0.15) is 12.4 Å². The Morgan fingerprint density at radius 1 is 1.09 bits per heavy atom. The van der Waals surface area contributed by atoms with E-state index < -0.39 is 17.2 Å². The number of rotatable bonds is 7. The number of likely N-dealkylation sites (N-methyl/N-ethyl adjacent to an activating group) is 1. The number of aromatic nitrogens is 6. The Labute approximate surface area is 194 Å². The molecule has 11 nitrogen and oxygen atoms in total. The molecule has 0 bridgehead atoms. The largest absolute Gasteiger partial charge is 0.383 e. The molecule has 174 valence electrons. The maximum absolute atomic E-state index is 13.1. The lowest BCUT2D eigenvalue weighted by molar-refractivity contribution is -0.119. The normalized spacial score (nSPS) is 10.9. The smallest absolute Gasteiger partial charge is 0.330 e. The molecule has 0 radical (unpaired) electrons. The first kappa shape index (κ1) is 22.6. The van der Waals surface area contributed by atoms with E-state index in [0.29, 0.717) is 5.82 Å². The lowest BCUT2D eigenvalue weighted by Crippen LogP contribution is -2.42. The third-order valence-corrected chi connectivity index (χ3v) is 5.32. The number of amides is 1. The molecule has 0 saturated carbocycles. The minimum Gasteiger partial charge on any atom is -0.383 e. The van der Waals surface area contributed by atoms with Crippen molar-refractivity contribution >= 4 is 17.4 Å². The molecule has 0 aliphatic carbocycles. The number of nitrogen functional groups attached to an aromatic ring is 1. The highest BCUT2D eigenvalue weighted by Gasteiger charge is 2.24. The SMILES string of the molecule is CCN(C(=O)Cn1nnc(-c2ccc(C)cc2)n1)c1c(N)n(Cc2ccccc2)c(=O)[nH]c1=O. The van der Waals surface area contributed by atoms with Crippen LogP contribution in [0.25, 0.3) is 11.4 Å². The van der Waals surface area contributed by atoms with Gasteiger partial charge in [0.05, 0.1) is 6.54 Å². The number of nitrogens with two attached hydrogens (primary N) is 1. The highest BCUT2D eigenvalue weighted by molar-refractivity contribution is 5.95. The fourth-order valence-corrected chi connectivity index (χ4v) is 3.56. The number of benzene rings is 2. The monoisotopic (exact) mass is 460 g/mol. The second-order valence-corrected chi connectivity index (χ2v) is 7.71. The molecule has 34 heavy (non-hydrogen) atoms. The average molecular weight is 460 g/mol. The first-order valence-corrected chi connectivity index (χ1v) is 10.7. The second kappa shape index (κ2) is 9.53. The number of carbonyl (C=O) groups excluding carboxylic acids is 1. The summed E-state index contributed by atoms with van der Waals surface area (Å²) in [4.78, 5) is 42.8. The summed E-state index contributed by atoms with van der Waals surface area (Å²) in [5.41, 5.74) is 7.43. The van der Waals surface area contributed by atoms with Crippen LogP contribution >= 0.6 is 0 Å². The number of hydrogen-bond acceptors (Lipinski definition) is 7. The van der Waals surface area contributed by atoms with Crippen molar-refractivity contribution < 1.29 is 4.79 Å². The molecule has 0 aliphatic heterocycles. The molecule has 0 spiro atoms. The van der Waals surface area contributed by atoms with Crippen molar-refractivity contribution in [3.05, 3.63) is 86.6 Å². The van der Waals surface area contributed by atoms with Gasteiger partial charge in [-0.3, -0.25) is 19.1 Å². The highest BCUT2D eigenvalue weighted by Crippen LogP contribution is 2.18. The minimum atomic E-state index is -0.742. The van der Waals surface area contributed by atoms with Crippen LogP contribution in [0.4, 0.5) is 11.5 Å². The average Bonchev–Trinajstić information content (AvgIpc) is 3.28. The van der Waals surface area contributed by atoms with Crippen molar-refractivity contribution in [2.45, 2.75) is 26.9 Å². The molecule has 0 saturated heterocycles. The lowest BCUT2D eigenvalue weighted by atomic mass is 10.1. The number of carbonyl (C=O) groups is 1. The summed E-state index contributed by atoms with van der Waals surface area (Å²) >= 11 is 0.